The Balaban J connectivity index is 2.83. The third-order valence-electron chi connectivity index (χ3n) is 1.76. The number of fused-ring (bicyclic) bond motifs is 1. The Labute approximate surface area is 94.5 Å². The second-order valence-corrected chi connectivity index (χ2v) is 6.56. The fourth-order valence-electron chi connectivity index (χ4n) is 1.17. The minimum Gasteiger partial charge on any atom is -0.207 e. The van der Waals surface area contributed by atoms with Gasteiger partial charge in [0.1, 0.15) is 4.90 Å². The van der Waals surface area contributed by atoms with E-state index < -0.39 is 9.05 Å². The van der Waals surface area contributed by atoms with E-state index in [0.717, 1.165) is 4.70 Å². The molecule has 1 heterocycles. The molecule has 2 rings (SSSR count). The number of hydrogen-bond acceptors (Lipinski definition) is 3. The number of thiophene rings is 1. The quantitative estimate of drug-likeness (QED) is 0.741. The van der Waals surface area contributed by atoms with Gasteiger partial charge in [-0.15, -0.1) is 11.3 Å². The van der Waals surface area contributed by atoms with E-state index in [1.165, 1.54) is 16.7 Å². The molecule has 6 heteroatoms. The van der Waals surface area contributed by atoms with Crippen molar-refractivity contribution in [1.29, 1.82) is 0 Å². The standard InChI is InChI=1S/C8H4Cl2O2S2/c9-5-1-2-6-7(3-5)13-4-8(6)14(10,11)12/h1-4H. The first-order valence-corrected chi connectivity index (χ1v) is 7.16. The van der Waals surface area contributed by atoms with Gasteiger partial charge in [0.25, 0.3) is 9.05 Å². The Morgan fingerprint density at radius 3 is 2.64 bits per heavy atom. The van der Waals surface area contributed by atoms with Gasteiger partial charge < -0.3 is 0 Å². The molecule has 0 bridgehead atoms. The lowest BCUT2D eigenvalue weighted by Gasteiger charge is -1.93. The van der Waals surface area contributed by atoms with Crippen molar-refractivity contribution in [2.45, 2.75) is 4.90 Å². The average Bonchev–Trinajstić information content (AvgIpc) is 2.45. The molecule has 0 fully saturated rings. The fourth-order valence-corrected chi connectivity index (χ4v) is 3.95. The molecule has 0 atom stereocenters. The van der Waals surface area contributed by atoms with Crippen molar-refractivity contribution in [3.8, 4) is 0 Å². The van der Waals surface area contributed by atoms with Crippen LogP contribution in [0.25, 0.3) is 10.1 Å². The van der Waals surface area contributed by atoms with Gasteiger partial charge in [-0.2, -0.15) is 0 Å². The van der Waals surface area contributed by atoms with Crippen molar-refractivity contribution in [2.24, 2.45) is 0 Å². The van der Waals surface area contributed by atoms with Gasteiger partial charge in [-0.1, -0.05) is 17.7 Å². The fraction of sp³-hybridized carbons (Fsp3) is 0. The predicted molar refractivity (Wildman–Crippen MR) is 59.9 cm³/mol. The highest BCUT2D eigenvalue weighted by Gasteiger charge is 2.15. The van der Waals surface area contributed by atoms with Gasteiger partial charge in [-0.3, -0.25) is 0 Å². The van der Waals surface area contributed by atoms with E-state index >= 15 is 0 Å². The summed E-state index contributed by atoms with van der Waals surface area (Å²) in [6.45, 7) is 0. The predicted octanol–water partition coefficient (Wildman–Crippen LogP) is 3.48. The molecule has 0 N–H and O–H groups in total. The van der Waals surface area contributed by atoms with Gasteiger partial charge in [-0.25, -0.2) is 8.42 Å². The average molecular weight is 267 g/mol. The largest absolute Gasteiger partial charge is 0.262 e. The van der Waals surface area contributed by atoms with Crippen LogP contribution in [0.4, 0.5) is 0 Å². The molecule has 0 unspecified atom stereocenters. The van der Waals surface area contributed by atoms with Crippen molar-refractivity contribution in [3.05, 3.63) is 28.6 Å². The molecule has 0 spiro atoms. The Morgan fingerprint density at radius 1 is 1.29 bits per heavy atom. The third-order valence-corrected chi connectivity index (χ3v) is 4.46. The molecule has 2 aromatic rings. The van der Waals surface area contributed by atoms with Crippen LogP contribution in [0.5, 0.6) is 0 Å². The summed E-state index contributed by atoms with van der Waals surface area (Å²) in [6, 6.07) is 5.01. The lowest BCUT2D eigenvalue weighted by atomic mass is 10.3. The summed E-state index contributed by atoms with van der Waals surface area (Å²) in [4.78, 5) is 0.149. The van der Waals surface area contributed by atoms with Crippen LogP contribution in [0.2, 0.25) is 5.02 Å². The van der Waals surface area contributed by atoms with E-state index in [-0.39, 0.29) is 4.90 Å². The Hall–Kier alpha value is -0.290. The minimum absolute atomic E-state index is 0.149. The van der Waals surface area contributed by atoms with Gasteiger partial charge in [0.2, 0.25) is 0 Å². The Kier molecular flexibility index (Phi) is 2.47. The van der Waals surface area contributed by atoms with Crippen LogP contribution in [0.3, 0.4) is 0 Å². The number of hydrogen-bond donors (Lipinski definition) is 0. The van der Waals surface area contributed by atoms with E-state index in [4.69, 9.17) is 22.3 Å². The summed E-state index contributed by atoms with van der Waals surface area (Å²) in [5.74, 6) is 0. The topological polar surface area (TPSA) is 34.1 Å². The van der Waals surface area contributed by atoms with Crippen molar-refractivity contribution >= 4 is 52.8 Å². The zero-order chi connectivity index (χ0) is 10.3. The van der Waals surface area contributed by atoms with Gasteiger partial charge in [0.15, 0.2) is 0 Å². The van der Waals surface area contributed by atoms with Gasteiger partial charge in [-0.05, 0) is 12.1 Å². The zero-order valence-electron chi connectivity index (χ0n) is 6.70. The molecule has 0 aliphatic carbocycles. The second kappa shape index (κ2) is 3.38. The monoisotopic (exact) mass is 266 g/mol. The van der Waals surface area contributed by atoms with E-state index in [1.54, 1.807) is 18.2 Å². The molecule has 0 radical (unpaired) electrons. The first kappa shape index (κ1) is 10.2. The molecule has 0 saturated heterocycles. The maximum absolute atomic E-state index is 11.1. The van der Waals surface area contributed by atoms with E-state index in [0.29, 0.717) is 10.4 Å². The molecule has 0 aliphatic rings. The van der Waals surface area contributed by atoms with Crippen LogP contribution >= 0.6 is 33.6 Å². The summed E-state index contributed by atoms with van der Waals surface area (Å²) >= 11 is 7.07. The highest BCUT2D eigenvalue weighted by Crippen LogP contribution is 2.32. The van der Waals surface area contributed by atoms with Gasteiger partial charge in [0.05, 0.1) is 0 Å². The highest BCUT2D eigenvalue weighted by molar-refractivity contribution is 8.14. The summed E-state index contributed by atoms with van der Waals surface area (Å²) in [5.41, 5.74) is 0. The van der Waals surface area contributed by atoms with Crippen LogP contribution in [0, 0.1) is 0 Å². The van der Waals surface area contributed by atoms with Crippen LogP contribution in [-0.4, -0.2) is 8.42 Å². The first-order chi connectivity index (χ1) is 6.48. The van der Waals surface area contributed by atoms with Crippen LogP contribution in [0.1, 0.15) is 0 Å². The molecule has 14 heavy (non-hydrogen) atoms. The number of rotatable bonds is 1. The van der Waals surface area contributed by atoms with Crippen molar-refractivity contribution < 1.29 is 8.42 Å². The van der Waals surface area contributed by atoms with Crippen LogP contribution in [0.15, 0.2) is 28.5 Å². The van der Waals surface area contributed by atoms with E-state index in [1.807, 2.05) is 0 Å². The Morgan fingerprint density at radius 2 is 2.00 bits per heavy atom. The zero-order valence-corrected chi connectivity index (χ0v) is 9.84. The normalized spacial score (nSPS) is 12.1. The summed E-state index contributed by atoms with van der Waals surface area (Å²) in [7, 11) is 1.61. The molecule has 1 aromatic heterocycles. The lowest BCUT2D eigenvalue weighted by molar-refractivity contribution is 0.610. The SMILES string of the molecule is O=S(=O)(Cl)c1csc2cc(Cl)ccc12. The summed E-state index contributed by atoms with van der Waals surface area (Å²) in [5, 5.41) is 2.72. The molecule has 0 amide bonds. The second-order valence-electron chi connectivity index (χ2n) is 2.68. The van der Waals surface area contributed by atoms with Crippen LogP contribution in [-0.2, 0) is 9.05 Å². The molecular weight excluding hydrogens is 263 g/mol. The number of halogens is 2. The Bertz CT molecular complexity index is 586. The molecule has 0 aliphatic heterocycles. The summed E-state index contributed by atoms with van der Waals surface area (Å²) < 4.78 is 23.1. The molecular formula is C8H4Cl2O2S2. The van der Waals surface area contributed by atoms with Crippen LogP contribution < -0.4 is 0 Å². The van der Waals surface area contributed by atoms with Gasteiger partial charge in [0, 0.05) is 31.2 Å². The van der Waals surface area contributed by atoms with E-state index in [9.17, 15) is 8.42 Å². The van der Waals surface area contributed by atoms with Crippen molar-refractivity contribution in [3.63, 3.8) is 0 Å². The third kappa shape index (κ3) is 1.75. The first-order valence-electron chi connectivity index (χ1n) is 3.60. The maximum Gasteiger partial charge on any atom is 0.262 e. The number of benzene rings is 1. The summed E-state index contributed by atoms with van der Waals surface area (Å²) in [6.07, 6.45) is 0. The molecule has 2 nitrogen and oxygen atoms in total. The van der Waals surface area contributed by atoms with Gasteiger partial charge >= 0.3 is 0 Å². The molecule has 0 saturated carbocycles. The molecule has 74 valence electrons. The minimum atomic E-state index is -3.66. The highest BCUT2D eigenvalue weighted by atomic mass is 35.7. The maximum atomic E-state index is 11.1. The van der Waals surface area contributed by atoms with Crippen molar-refractivity contribution in [2.75, 3.05) is 0 Å². The lowest BCUT2D eigenvalue weighted by Crippen LogP contribution is -1.87. The molecule has 1 aromatic carbocycles. The van der Waals surface area contributed by atoms with E-state index in [2.05, 4.69) is 0 Å². The smallest absolute Gasteiger partial charge is 0.207 e. The van der Waals surface area contributed by atoms with Crippen molar-refractivity contribution in [1.82, 2.24) is 0 Å².